The molecular weight excluding hydrogens is 264 g/mol. The topological polar surface area (TPSA) is 46.5 Å². The van der Waals surface area contributed by atoms with Gasteiger partial charge < -0.3 is 9.84 Å². The molecule has 1 fully saturated rings. The minimum atomic E-state index is -0.567. The van der Waals surface area contributed by atoms with Crippen LogP contribution in [0.1, 0.15) is 38.4 Å². The summed E-state index contributed by atoms with van der Waals surface area (Å²) in [5.74, 6) is 1.64. The first-order valence-corrected chi connectivity index (χ1v) is 7.50. The Morgan fingerprint density at radius 3 is 2.48 bits per heavy atom. The van der Waals surface area contributed by atoms with Crippen LogP contribution >= 0.6 is 0 Å². The van der Waals surface area contributed by atoms with Crippen molar-refractivity contribution in [1.29, 1.82) is 0 Å². The highest BCUT2D eigenvalue weighted by molar-refractivity contribution is 5.96. The molecule has 1 unspecified atom stereocenters. The molecule has 0 radical (unpaired) electrons. The van der Waals surface area contributed by atoms with Crippen LogP contribution in [0.5, 0.6) is 5.75 Å². The SMILES string of the molecule is COc1ccc(C(O)CC2=CC(=O)[C@@H]3C[C@H]2C3(C)C)cc1. The Kier molecular flexibility index (Phi) is 3.40. The lowest BCUT2D eigenvalue weighted by atomic mass is 9.48. The van der Waals surface area contributed by atoms with Crippen molar-refractivity contribution in [2.24, 2.45) is 17.3 Å². The van der Waals surface area contributed by atoms with Crippen LogP contribution in [0.15, 0.2) is 35.9 Å². The summed E-state index contributed by atoms with van der Waals surface area (Å²) in [4.78, 5) is 12.1. The Morgan fingerprint density at radius 2 is 1.95 bits per heavy atom. The van der Waals surface area contributed by atoms with Crippen molar-refractivity contribution in [2.45, 2.75) is 32.8 Å². The van der Waals surface area contributed by atoms with Gasteiger partial charge in [-0.3, -0.25) is 4.79 Å². The zero-order valence-corrected chi connectivity index (χ0v) is 12.8. The van der Waals surface area contributed by atoms with E-state index in [1.54, 1.807) is 13.2 Å². The number of allylic oxidation sites excluding steroid dienone is 1. The lowest BCUT2D eigenvalue weighted by molar-refractivity contribution is -0.134. The highest BCUT2D eigenvalue weighted by Gasteiger charge is 2.55. The standard InChI is InChI=1S/C18H22O3/c1-18(2)14-10-15(18)17(20)9-12(14)8-16(19)11-4-6-13(21-3)7-5-11/h4-7,9,14-16,19H,8,10H2,1-3H3/t14-,15+,16?/m1/s1. The van der Waals surface area contributed by atoms with E-state index in [4.69, 9.17) is 4.74 Å². The van der Waals surface area contributed by atoms with Crippen molar-refractivity contribution in [3.63, 3.8) is 0 Å². The quantitative estimate of drug-likeness (QED) is 0.924. The molecule has 1 N–H and O–H groups in total. The van der Waals surface area contributed by atoms with Crippen LogP contribution in [-0.4, -0.2) is 18.0 Å². The first kappa shape index (κ1) is 14.3. The third-order valence-corrected chi connectivity index (χ3v) is 5.32. The lowest BCUT2D eigenvalue weighted by Gasteiger charge is -2.55. The molecule has 3 aliphatic rings. The van der Waals surface area contributed by atoms with Crippen LogP contribution < -0.4 is 4.74 Å². The van der Waals surface area contributed by atoms with Crippen LogP contribution in [-0.2, 0) is 4.79 Å². The molecule has 0 aliphatic heterocycles. The van der Waals surface area contributed by atoms with E-state index in [0.29, 0.717) is 12.3 Å². The van der Waals surface area contributed by atoms with Crippen molar-refractivity contribution >= 4 is 5.78 Å². The van der Waals surface area contributed by atoms with E-state index in [9.17, 15) is 9.90 Å². The van der Waals surface area contributed by atoms with E-state index in [-0.39, 0.29) is 17.1 Å². The second-order valence-electron chi connectivity index (χ2n) is 6.78. The highest BCUT2D eigenvalue weighted by atomic mass is 16.5. The molecule has 0 heterocycles. The number of aliphatic hydroxyl groups is 1. The Balaban J connectivity index is 1.75. The number of benzene rings is 1. The van der Waals surface area contributed by atoms with Gasteiger partial charge in [0.05, 0.1) is 13.2 Å². The van der Waals surface area contributed by atoms with Crippen LogP contribution in [0.4, 0.5) is 0 Å². The molecule has 0 saturated heterocycles. The predicted octanol–water partition coefficient (Wildman–Crippen LogP) is 3.29. The first-order chi connectivity index (χ1) is 9.93. The fourth-order valence-electron chi connectivity index (χ4n) is 3.79. The molecule has 1 aromatic carbocycles. The molecular formula is C18H22O3. The number of methoxy groups -OCH3 is 1. The maximum Gasteiger partial charge on any atom is 0.159 e. The van der Waals surface area contributed by atoms with Crippen molar-refractivity contribution in [2.75, 3.05) is 7.11 Å². The second-order valence-corrected chi connectivity index (χ2v) is 6.78. The van der Waals surface area contributed by atoms with Gasteiger partial charge in [-0.1, -0.05) is 31.6 Å². The molecule has 1 saturated carbocycles. The Morgan fingerprint density at radius 1 is 1.29 bits per heavy atom. The number of ketones is 1. The maximum atomic E-state index is 12.1. The van der Waals surface area contributed by atoms with Gasteiger partial charge in [-0.05, 0) is 47.9 Å². The van der Waals surface area contributed by atoms with E-state index in [1.165, 1.54) is 0 Å². The molecule has 3 heteroatoms. The summed E-state index contributed by atoms with van der Waals surface area (Å²) in [5, 5.41) is 10.4. The van der Waals surface area contributed by atoms with Gasteiger partial charge in [0.25, 0.3) is 0 Å². The lowest BCUT2D eigenvalue weighted by Crippen LogP contribution is -2.52. The molecule has 0 aromatic heterocycles. The largest absolute Gasteiger partial charge is 0.497 e. The first-order valence-electron chi connectivity index (χ1n) is 7.50. The third kappa shape index (κ3) is 2.30. The molecule has 3 nitrogen and oxygen atoms in total. The maximum absolute atomic E-state index is 12.1. The number of rotatable bonds is 4. The third-order valence-electron chi connectivity index (χ3n) is 5.32. The molecule has 1 aromatic rings. The van der Waals surface area contributed by atoms with E-state index in [0.717, 1.165) is 23.3 Å². The van der Waals surface area contributed by atoms with E-state index < -0.39 is 6.10 Å². The molecule has 4 rings (SSSR count). The number of fused-ring (bicyclic) bond motifs is 1. The minimum Gasteiger partial charge on any atom is -0.497 e. The smallest absolute Gasteiger partial charge is 0.159 e. The Hall–Kier alpha value is -1.61. The van der Waals surface area contributed by atoms with Crippen molar-refractivity contribution < 1.29 is 14.6 Å². The summed E-state index contributed by atoms with van der Waals surface area (Å²) in [5.41, 5.74) is 2.03. The molecule has 0 amide bonds. The number of hydrogen-bond acceptors (Lipinski definition) is 3. The van der Waals surface area contributed by atoms with E-state index in [2.05, 4.69) is 13.8 Å². The summed E-state index contributed by atoms with van der Waals surface area (Å²) < 4.78 is 5.13. The van der Waals surface area contributed by atoms with Gasteiger partial charge in [-0.25, -0.2) is 0 Å². The van der Waals surface area contributed by atoms with Crippen molar-refractivity contribution in [1.82, 2.24) is 0 Å². The van der Waals surface area contributed by atoms with Crippen LogP contribution in [0.25, 0.3) is 0 Å². The summed E-state index contributed by atoms with van der Waals surface area (Å²) in [7, 11) is 1.62. The van der Waals surface area contributed by atoms with Gasteiger partial charge in [-0.2, -0.15) is 0 Å². The molecule has 3 atom stereocenters. The molecule has 0 spiro atoms. The monoisotopic (exact) mass is 286 g/mol. The number of ether oxygens (including phenoxy) is 1. The second kappa shape index (κ2) is 4.99. The van der Waals surface area contributed by atoms with Crippen molar-refractivity contribution in [3.05, 3.63) is 41.5 Å². The number of hydrogen-bond donors (Lipinski definition) is 1. The van der Waals surface area contributed by atoms with Gasteiger partial charge in [0.1, 0.15) is 5.75 Å². The van der Waals surface area contributed by atoms with E-state index >= 15 is 0 Å². The molecule has 2 bridgehead atoms. The summed E-state index contributed by atoms with van der Waals surface area (Å²) in [6.45, 7) is 4.33. The fourth-order valence-corrected chi connectivity index (χ4v) is 3.79. The molecule has 3 aliphatic carbocycles. The average molecular weight is 286 g/mol. The Bertz CT molecular complexity index is 583. The van der Waals surface area contributed by atoms with Crippen LogP contribution in [0.3, 0.4) is 0 Å². The van der Waals surface area contributed by atoms with Gasteiger partial charge in [0.2, 0.25) is 0 Å². The van der Waals surface area contributed by atoms with Crippen LogP contribution in [0.2, 0.25) is 0 Å². The van der Waals surface area contributed by atoms with Crippen molar-refractivity contribution in [3.8, 4) is 5.75 Å². The molecule has 112 valence electrons. The fraction of sp³-hybridized carbons (Fsp3) is 0.500. The Labute approximate surface area is 125 Å². The average Bonchev–Trinajstić information content (AvgIpc) is 2.46. The normalized spacial score (nSPS) is 27.6. The summed E-state index contributed by atoms with van der Waals surface area (Å²) in [6.07, 6.45) is 2.70. The number of carbonyl (C=O) groups is 1. The van der Waals surface area contributed by atoms with E-state index in [1.807, 2.05) is 24.3 Å². The van der Waals surface area contributed by atoms with Gasteiger partial charge in [0.15, 0.2) is 5.78 Å². The highest BCUT2D eigenvalue weighted by Crippen LogP contribution is 2.59. The van der Waals surface area contributed by atoms with Gasteiger partial charge in [0, 0.05) is 5.92 Å². The van der Waals surface area contributed by atoms with Crippen LogP contribution in [0, 0.1) is 17.3 Å². The molecule has 21 heavy (non-hydrogen) atoms. The van der Waals surface area contributed by atoms with Gasteiger partial charge in [-0.15, -0.1) is 0 Å². The summed E-state index contributed by atoms with van der Waals surface area (Å²) >= 11 is 0. The zero-order valence-electron chi connectivity index (χ0n) is 12.8. The number of aliphatic hydroxyl groups excluding tert-OH is 1. The minimum absolute atomic E-state index is 0.0563. The van der Waals surface area contributed by atoms with Gasteiger partial charge >= 0.3 is 0 Å². The predicted molar refractivity (Wildman–Crippen MR) is 81.0 cm³/mol. The summed E-state index contributed by atoms with van der Waals surface area (Å²) in [6, 6.07) is 7.46. The zero-order chi connectivity index (χ0) is 15.2. The number of carbonyl (C=O) groups excluding carboxylic acids is 1.